The zero-order valence-electron chi connectivity index (χ0n) is 83.9. The maximum Gasteiger partial charge on any atom is 0.228 e. The molecular weight excluding hydrogens is 1690 g/mol. The third-order valence-electron chi connectivity index (χ3n) is 33.9. The SMILES string of the molecule is CCC[C@H](C)Nc1ncc2c(C3CCN(C(=O)C4CCC4)CC3)cn(C3CCC(O)CC3)c2n1.CCC[C@H](C)Nc1ncc2c(C3CCN(C(=O)C4CCN(C)CC4)CC3)cn(C3CCC(O)CC3)c2n1.CCC[C@H](C)Nc1ncc2c(C3CCN(C(=O)C4CN(C)C4)CC3)cn(C3CCC(O)CC3)c2n1.CC[C@@H]1C[C@H]1Nc1ncc2c(C3CCN(C)CC3)cn(C3CCC(C)CC3)c2n1. The average molecular weight is 1860 g/mol. The molecule has 0 unspecified atom stereocenters. The molecular formula is C107H166N22O6. The van der Waals surface area contributed by atoms with Crippen LogP contribution in [0.2, 0.25) is 0 Å². The maximum absolute atomic E-state index is 13.2. The van der Waals surface area contributed by atoms with E-state index in [2.05, 4.69) is 176 Å². The number of aromatic nitrogens is 12. The first kappa shape index (κ1) is 98.5. The van der Waals surface area contributed by atoms with Crippen LogP contribution in [0.15, 0.2) is 49.6 Å². The largest absolute Gasteiger partial charge is 0.393 e. The smallest absolute Gasteiger partial charge is 0.228 e. The molecule has 8 aromatic rings. The predicted molar refractivity (Wildman–Crippen MR) is 541 cm³/mol. The fraction of sp³-hybridized carbons (Fsp3) is 0.748. The lowest BCUT2D eigenvalue weighted by Crippen LogP contribution is -2.53. The zero-order chi connectivity index (χ0) is 94.1. The Balaban J connectivity index is 0.000000125. The van der Waals surface area contributed by atoms with Gasteiger partial charge in [-0.3, -0.25) is 14.4 Å². The van der Waals surface area contributed by atoms with Gasteiger partial charge in [-0.1, -0.05) is 66.7 Å². The minimum atomic E-state index is -0.175. The monoisotopic (exact) mass is 1860 g/mol. The first-order valence-corrected chi connectivity index (χ1v) is 54.0. The van der Waals surface area contributed by atoms with Gasteiger partial charge in [0.25, 0.3) is 0 Å². The van der Waals surface area contributed by atoms with Crippen LogP contribution in [0.1, 0.15) is 363 Å². The van der Waals surface area contributed by atoms with E-state index in [9.17, 15) is 29.7 Å². The Kier molecular flexibility index (Phi) is 33.1. The van der Waals surface area contributed by atoms with Crippen molar-refractivity contribution >= 4 is 85.6 Å². The van der Waals surface area contributed by atoms with E-state index in [1.165, 1.54) is 104 Å². The molecule has 6 saturated carbocycles. The van der Waals surface area contributed by atoms with Gasteiger partial charge in [0, 0.05) is 184 Å². The van der Waals surface area contributed by atoms with Crippen LogP contribution in [0.25, 0.3) is 44.1 Å². The molecule has 3 amide bonds. The lowest BCUT2D eigenvalue weighted by atomic mass is 9.83. The van der Waals surface area contributed by atoms with Crippen LogP contribution in [0.3, 0.4) is 0 Å². The molecule has 0 radical (unpaired) electrons. The molecule has 12 aliphatic rings. The molecule has 0 spiro atoms. The van der Waals surface area contributed by atoms with E-state index >= 15 is 0 Å². The molecule has 6 aliphatic carbocycles. The Morgan fingerprint density at radius 3 is 0.948 bits per heavy atom. The first-order valence-electron chi connectivity index (χ1n) is 54.0. The number of aliphatic hydroxyl groups is 3. The number of hydrogen-bond acceptors (Lipinski definition) is 21. The number of fused-ring (bicyclic) bond motifs is 4. The van der Waals surface area contributed by atoms with Crippen molar-refractivity contribution in [1.82, 2.24) is 87.5 Å². The van der Waals surface area contributed by atoms with Crippen molar-refractivity contribution in [1.29, 1.82) is 0 Å². The number of amides is 3. The van der Waals surface area contributed by atoms with Crippen molar-refractivity contribution in [3.8, 4) is 0 Å². The number of aliphatic hydroxyl groups excluding tert-OH is 3. The predicted octanol–water partition coefficient (Wildman–Crippen LogP) is 18.5. The van der Waals surface area contributed by atoms with Crippen molar-refractivity contribution in [3.05, 3.63) is 71.8 Å². The number of likely N-dealkylation sites (tertiary alicyclic amines) is 6. The molecule has 7 N–H and O–H groups in total. The lowest BCUT2D eigenvalue weighted by molar-refractivity contribution is -0.141. The van der Waals surface area contributed by atoms with E-state index in [4.69, 9.17) is 39.9 Å². The highest BCUT2D eigenvalue weighted by molar-refractivity contribution is 5.86. The van der Waals surface area contributed by atoms with Gasteiger partial charge in [-0.2, -0.15) is 19.9 Å². The van der Waals surface area contributed by atoms with Gasteiger partial charge in [-0.25, -0.2) is 19.9 Å². The molecule has 740 valence electrons. The standard InChI is InChI=1S/C29H46N6O2.C27H42N6O2.C27H41N5O2.C24H37N5/c1-4-5-20(2)31-29-30-18-25-26(19-35(27(25)32-29)23-6-8-24(36)9-7-23)21-12-16-34(17-13-21)28(37)22-10-14-33(3)15-11-22;1-4-5-18(2)29-27-28-14-23-24(17-33(25(23)30-27)21-6-8-22(34)9-7-21)19-10-12-32(13-11-19)26(35)20-15-31(3)16-20;1-3-5-18(2)29-27-28-16-23-24(17-32(25(23)30-27)21-8-10-22(33)11-9-21)19-12-14-31(15-13-19)26(34)20-6-4-7-20;1-4-17-13-22(17)26-24-25-14-20-21(18-9-11-28(3)12-10-18)15-29(23(20)27-24)19-7-5-16(2)6-8-19/h18-24,36H,4-17H2,1-3H3,(H,30,31,32);14,17-22,34H,4-13,15-16H2,1-3H3,(H,28,29,30);16-22,33H,3-15H2,1-2H3,(H,28,29,30);14-19,22H,4-13H2,1-3H3,(H,25,26,27)/t20-,23?,24?;2*18-,21?,22?;16?,17-,19?,22-/m0001/s1. The normalized spacial score (nSPS) is 26.7. The van der Waals surface area contributed by atoms with Gasteiger partial charge in [-0.15, -0.1) is 0 Å². The van der Waals surface area contributed by atoms with Gasteiger partial charge in [0.2, 0.25) is 41.5 Å². The molecule has 28 nitrogen and oxygen atoms in total. The quantitative estimate of drug-likeness (QED) is 0.0265. The van der Waals surface area contributed by atoms with Gasteiger partial charge in [-0.05, 0) is 331 Å². The molecule has 8 aromatic heterocycles. The van der Waals surface area contributed by atoms with Crippen LogP contribution in [0.5, 0.6) is 0 Å². The summed E-state index contributed by atoms with van der Waals surface area (Å²) >= 11 is 0. The van der Waals surface area contributed by atoms with E-state index in [1.54, 1.807) is 0 Å². The molecule has 20 rings (SSSR count). The number of nitrogens with one attached hydrogen (secondary N) is 4. The lowest BCUT2D eigenvalue weighted by Gasteiger charge is -2.40. The fourth-order valence-electron chi connectivity index (χ4n) is 24.7. The molecule has 28 heteroatoms. The summed E-state index contributed by atoms with van der Waals surface area (Å²) in [5.74, 6) is 8.29. The number of anilines is 4. The van der Waals surface area contributed by atoms with Crippen LogP contribution in [0.4, 0.5) is 23.8 Å². The summed E-state index contributed by atoms with van der Waals surface area (Å²) < 4.78 is 9.66. The number of carbonyl (C=O) groups excluding carboxylic acids is 3. The van der Waals surface area contributed by atoms with E-state index in [-0.39, 0.29) is 36.1 Å². The Morgan fingerprint density at radius 1 is 0.363 bits per heavy atom. The molecule has 135 heavy (non-hydrogen) atoms. The molecule has 14 heterocycles. The second kappa shape index (κ2) is 45.4. The Morgan fingerprint density at radius 2 is 0.652 bits per heavy atom. The molecule has 0 aromatic carbocycles. The van der Waals surface area contributed by atoms with Gasteiger partial charge in [0.15, 0.2) is 0 Å². The van der Waals surface area contributed by atoms with E-state index < -0.39 is 0 Å². The summed E-state index contributed by atoms with van der Waals surface area (Å²) in [4.78, 5) is 91.0. The molecule has 6 saturated heterocycles. The van der Waals surface area contributed by atoms with Crippen LogP contribution >= 0.6 is 0 Å². The van der Waals surface area contributed by atoms with Gasteiger partial charge in [0.05, 0.1) is 24.2 Å². The highest BCUT2D eigenvalue weighted by Gasteiger charge is 2.41. The average Bonchev–Trinajstić information content (AvgIpc) is 1.63. The summed E-state index contributed by atoms with van der Waals surface area (Å²) in [6.07, 6.45) is 56.3. The van der Waals surface area contributed by atoms with Crippen LogP contribution in [-0.4, -0.2) is 263 Å². The summed E-state index contributed by atoms with van der Waals surface area (Å²) in [6, 6.07) is 3.28. The second-order valence-electron chi connectivity index (χ2n) is 44.1. The Hall–Kier alpha value is -8.15. The van der Waals surface area contributed by atoms with E-state index in [0.29, 0.717) is 108 Å². The van der Waals surface area contributed by atoms with Crippen molar-refractivity contribution < 1.29 is 29.7 Å². The number of piperidine rings is 5. The van der Waals surface area contributed by atoms with Gasteiger partial charge < -0.3 is 84.3 Å². The number of carbonyl (C=O) groups is 3. The fourth-order valence-corrected chi connectivity index (χ4v) is 24.7. The second-order valence-corrected chi connectivity index (χ2v) is 44.1. The van der Waals surface area contributed by atoms with Gasteiger partial charge in [0.1, 0.15) is 22.6 Å². The highest BCUT2D eigenvalue weighted by Crippen LogP contribution is 2.47. The van der Waals surface area contributed by atoms with Crippen LogP contribution < -0.4 is 21.3 Å². The molecule has 0 bridgehead atoms. The minimum absolute atomic E-state index is 0.170. The molecule has 12 fully saturated rings. The summed E-state index contributed by atoms with van der Waals surface area (Å²) in [6.45, 7) is 29.1. The van der Waals surface area contributed by atoms with Crippen molar-refractivity contribution in [3.63, 3.8) is 0 Å². The number of rotatable bonds is 26. The van der Waals surface area contributed by atoms with Crippen LogP contribution in [-0.2, 0) is 14.4 Å². The first-order chi connectivity index (χ1) is 65.5. The van der Waals surface area contributed by atoms with Crippen molar-refractivity contribution in [2.45, 2.75) is 383 Å². The highest BCUT2D eigenvalue weighted by atomic mass is 16.3. The third-order valence-corrected chi connectivity index (χ3v) is 33.9. The summed E-state index contributed by atoms with van der Waals surface area (Å²) in [5.41, 5.74) is 9.72. The molecule has 5 atom stereocenters. The van der Waals surface area contributed by atoms with E-state index in [0.717, 1.165) is 296 Å². The summed E-state index contributed by atoms with van der Waals surface area (Å²) in [5, 5.41) is 49.0. The van der Waals surface area contributed by atoms with Crippen molar-refractivity contribution in [2.75, 3.05) is 121 Å². The topological polar surface area (TPSA) is 302 Å². The molecule has 6 aliphatic heterocycles. The zero-order valence-corrected chi connectivity index (χ0v) is 83.9. The van der Waals surface area contributed by atoms with Gasteiger partial charge >= 0.3 is 0 Å². The third kappa shape index (κ3) is 23.8. The minimum Gasteiger partial charge on any atom is -0.393 e. The van der Waals surface area contributed by atoms with Crippen LogP contribution in [0, 0.1) is 29.6 Å². The Labute approximate surface area is 804 Å². The number of hydrogen-bond donors (Lipinski definition) is 7. The Bertz CT molecular complexity index is 5160. The maximum atomic E-state index is 13.2. The van der Waals surface area contributed by atoms with Crippen molar-refractivity contribution in [2.24, 2.45) is 29.6 Å². The number of nitrogens with zero attached hydrogens (tertiary/aromatic N) is 18. The van der Waals surface area contributed by atoms with E-state index in [1.807, 2.05) is 18.6 Å². The summed E-state index contributed by atoms with van der Waals surface area (Å²) in [7, 11) is 6.46.